The van der Waals surface area contributed by atoms with Gasteiger partial charge in [-0.25, -0.2) is 0 Å². The molecule has 0 aliphatic carbocycles. The lowest BCUT2D eigenvalue weighted by Crippen LogP contribution is -2.14. The number of benzene rings is 1. The molecule has 1 rings (SSSR count). The van der Waals surface area contributed by atoms with Gasteiger partial charge in [0.1, 0.15) is 16.5 Å². The molecule has 1 aromatic carbocycles. The monoisotopic (exact) mass is 314 g/mol. The van der Waals surface area contributed by atoms with Gasteiger partial charge in [-0.15, -0.1) is 0 Å². The van der Waals surface area contributed by atoms with Gasteiger partial charge in [0.25, 0.3) is 0 Å². The van der Waals surface area contributed by atoms with Crippen molar-refractivity contribution >= 4 is 11.6 Å². The largest absolute Gasteiger partial charge is 0.495 e. The highest BCUT2D eigenvalue weighted by molar-refractivity contribution is 6.33. The Morgan fingerprint density at radius 1 is 1.19 bits per heavy atom. The van der Waals surface area contributed by atoms with Crippen molar-refractivity contribution < 1.29 is 14.6 Å². The first-order chi connectivity index (χ1) is 9.69. The predicted octanol–water partition coefficient (Wildman–Crippen LogP) is 4.85. The van der Waals surface area contributed by atoms with E-state index in [-0.39, 0.29) is 5.41 Å². The molecule has 0 saturated heterocycles. The molecule has 0 fully saturated rings. The molecular formula is C17H27ClO3. The molecule has 0 bridgehead atoms. The van der Waals surface area contributed by atoms with E-state index in [1.54, 1.807) is 20.3 Å². The van der Waals surface area contributed by atoms with Crippen LogP contribution >= 0.6 is 11.6 Å². The van der Waals surface area contributed by atoms with Crippen LogP contribution in [0.1, 0.15) is 52.2 Å². The van der Waals surface area contributed by atoms with Gasteiger partial charge in [0.05, 0.1) is 20.3 Å². The van der Waals surface area contributed by atoms with Crippen LogP contribution in [0.5, 0.6) is 11.5 Å². The van der Waals surface area contributed by atoms with Crippen LogP contribution in [0, 0.1) is 11.3 Å². The summed E-state index contributed by atoms with van der Waals surface area (Å²) in [6.07, 6.45) is 1.13. The molecule has 0 amide bonds. The second kappa shape index (κ2) is 7.37. The van der Waals surface area contributed by atoms with Crippen molar-refractivity contribution in [3.63, 3.8) is 0 Å². The zero-order valence-electron chi connectivity index (χ0n) is 13.9. The van der Waals surface area contributed by atoms with Crippen molar-refractivity contribution in [1.82, 2.24) is 0 Å². The quantitative estimate of drug-likeness (QED) is 0.815. The second-order valence-corrected chi connectivity index (χ2v) is 7.20. The smallest absolute Gasteiger partial charge is 0.147 e. The van der Waals surface area contributed by atoms with Crippen LogP contribution in [0.3, 0.4) is 0 Å². The minimum absolute atomic E-state index is 0.251. The molecule has 4 heteroatoms. The van der Waals surface area contributed by atoms with Gasteiger partial charge in [0.15, 0.2) is 0 Å². The fourth-order valence-corrected chi connectivity index (χ4v) is 3.14. The third-order valence-electron chi connectivity index (χ3n) is 3.46. The summed E-state index contributed by atoms with van der Waals surface area (Å²) in [4.78, 5) is 0. The molecule has 0 aromatic heterocycles. The lowest BCUT2D eigenvalue weighted by atomic mass is 9.82. The molecule has 2 unspecified atom stereocenters. The highest BCUT2D eigenvalue weighted by atomic mass is 35.5. The van der Waals surface area contributed by atoms with Crippen molar-refractivity contribution in [2.24, 2.45) is 11.3 Å². The number of aliphatic hydroxyl groups excluding tert-OH is 1. The number of hydrogen-bond donors (Lipinski definition) is 1. The van der Waals surface area contributed by atoms with Crippen molar-refractivity contribution in [2.75, 3.05) is 14.2 Å². The van der Waals surface area contributed by atoms with Gasteiger partial charge in [-0.1, -0.05) is 39.3 Å². The normalized spacial score (nSPS) is 14.7. The number of methoxy groups -OCH3 is 2. The number of ether oxygens (including phenoxy) is 2. The van der Waals surface area contributed by atoms with Crippen LogP contribution in [0.25, 0.3) is 0 Å². The Morgan fingerprint density at radius 3 is 2.29 bits per heavy atom. The van der Waals surface area contributed by atoms with Crippen LogP contribution in [0.2, 0.25) is 5.02 Å². The molecule has 2 atom stereocenters. The van der Waals surface area contributed by atoms with Gasteiger partial charge in [0, 0.05) is 5.56 Å². The minimum Gasteiger partial charge on any atom is -0.495 e. The highest BCUT2D eigenvalue weighted by Crippen LogP contribution is 2.41. The summed E-state index contributed by atoms with van der Waals surface area (Å²) in [6, 6.07) is 3.58. The summed E-state index contributed by atoms with van der Waals surface area (Å²) < 4.78 is 10.5. The third-order valence-corrected chi connectivity index (χ3v) is 3.82. The van der Waals surface area contributed by atoms with E-state index in [9.17, 15) is 5.11 Å². The van der Waals surface area contributed by atoms with Crippen LogP contribution in [-0.4, -0.2) is 19.3 Å². The van der Waals surface area contributed by atoms with Gasteiger partial charge in [-0.3, -0.25) is 0 Å². The zero-order valence-corrected chi connectivity index (χ0v) is 14.6. The summed E-state index contributed by atoms with van der Waals surface area (Å²) in [6.45, 7) is 8.79. The summed E-state index contributed by atoms with van der Waals surface area (Å²) in [5, 5.41) is 10.9. The number of aliphatic hydroxyl groups is 1. The second-order valence-electron chi connectivity index (χ2n) is 6.83. The molecule has 0 saturated carbocycles. The minimum atomic E-state index is -0.597. The van der Waals surface area contributed by atoms with Gasteiger partial charge in [0.2, 0.25) is 0 Å². The fourth-order valence-electron chi connectivity index (χ4n) is 2.82. The Morgan fingerprint density at radius 2 is 1.81 bits per heavy atom. The Balaban J connectivity index is 2.92. The van der Waals surface area contributed by atoms with Crippen molar-refractivity contribution in [2.45, 2.75) is 46.6 Å². The predicted molar refractivity (Wildman–Crippen MR) is 87.4 cm³/mol. The molecule has 21 heavy (non-hydrogen) atoms. The van der Waals surface area contributed by atoms with Crippen LogP contribution < -0.4 is 9.47 Å². The van der Waals surface area contributed by atoms with Crippen molar-refractivity contribution in [1.29, 1.82) is 0 Å². The van der Waals surface area contributed by atoms with Crippen molar-refractivity contribution in [3.05, 3.63) is 22.7 Å². The Labute approximate surface area is 133 Å². The van der Waals surface area contributed by atoms with E-state index in [1.807, 2.05) is 6.07 Å². The number of halogens is 1. The van der Waals surface area contributed by atoms with Crippen LogP contribution in [0.15, 0.2) is 12.1 Å². The average molecular weight is 315 g/mol. The average Bonchev–Trinajstić information content (AvgIpc) is 2.35. The summed E-state index contributed by atoms with van der Waals surface area (Å²) >= 11 is 6.24. The molecule has 0 heterocycles. The fraction of sp³-hybridized carbons (Fsp3) is 0.647. The van der Waals surface area contributed by atoms with Gasteiger partial charge < -0.3 is 14.6 Å². The molecule has 120 valence electrons. The first-order valence-electron chi connectivity index (χ1n) is 7.28. The van der Waals surface area contributed by atoms with E-state index < -0.39 is 6.10 Å². The first-order valence-corrected chi connectivity index (χ1v) is 7.65. The standard InChI is InChI=1S/C17H27ClO3/c1-11(10-17(2,3)4)9-13(19)12-7-8-14(20-5)15(18)16(12)21-6/h7-8,11,13,19H,9-10H2,1-6H3. The Kier molecular flexibility index (Phi) is 6.36. The highest BCUT2D eigenvalue weighted by Gasteiger charge is 2.23. The van der Waals surface area contributed by atoms with E-state index in [2.05, 4.69) is 27.7 Å². The van der Waals surface area contributed by atoms with E-state index in [0.29, 0.717) is 34.4 Å². The maximum atomic E-state index is 10.5. The molecule has 0 spiro atoms. The maximum Gasteiger partial charge on any atom is 0.147 e. The lowest BCUT2D eigenvalue weighted by Gasteiger charge is -2.25. The van der Waals surface area contributed by atoms with E-state index in [4.69, 9.17) is 21.1 Å². The number of hydrogen-bond acceptors (Lipinski definition) is 3. The molecule has 0 aliphatic heterocycles. The lowest BCUT2D eigenvalue weighted by molar-refractivity contribution is 0.131. The topological polar surface area (TPSA) is 38.7 Å². The third kappa shape index (κ3) is 5.08. The molecule has 1 N–H and O–H groups in total. The van der Waals surface area contributed by atoms with Gasteiger partial charge in [-0.2, -0.15) is 0 Å². The molecule has 3 nitrogen and oxygen atoms in total. The Bertz CT molecular complexity index is 466. The summed E-state index contributed by atoms with van der Waals surface area (Å²) in [5.41, 5.74) is 0.963. The SMILES string of the molecule is COc1ccc(C(O)CC(C)CC(C)(C)C)c(OC)c1Cl. The first kappa shape index (κ1) is 18.1. The van der Waals surface area contributed by atoms with E-state index in [1.165, 1.54) is 0 Å². The molecule has 0 aliphatic rings. The van der Waals surface area contributed by atoms with Gasteiger partial charge in [-0.05, 0) is 36.3 Å². The van der Waals surface area contributed by atoms with Gasteiger partial charge >= 0.3 is 0 Å². The summed E-state index contributed by atoms with van der Waals surface area (Å²) in [5.74, 6) is 1.45. The van der Waals surface area contributed by atoms with E-state index in [0.717, 1.165) is 6.42 Å². The zero-order chi connectivity index (χ0) is 16.2. The molecular weight excluding hydrogens is 288 g/mol. The molecule has 0 radical (unpaired) electrons. The number of rotatable bonds is 6. The van der Waals surface area contributed by atoms with Crippen LogP contribution in [-0.2, 0) is 0 Å². The maximum absolute atomic E-state index is 10.5. The molecule has 1 aromatic rings. The Hall–Kier alpha value is -0.930. The summed E-state index contributed by atoms with van der Waals surface area (Å²) in [7, 11) is 3.11. The van der Waals surface area contributed by atoms with Crippen molar-refractivity contribution in [3.8, 4) is 11.5 Å². The van der Waals surface area contributed by atoms with E-state index >= 15 is 0 Å². The van der Waals surface area contributed by atoms with Crippen LogP contribution in [0.4, 0.5) is 0 Å².